The summed E-state index contributed by atoms with van der Waals surface area (Å²) < 4.78 is 2.29. The van der Waals surface area contributed by atoms with Gasteiger partial charge in [-0.2, -0.15) is 0 Å². The van der Waals surface area contributed by atoms with Crippen LogP contribution in [0.25, 0.3) is 16.6 Å². The van der Waals surface area contributed by atoms with Gasteiger partial charge < -0.3 is 14.7 Å². The van der Waals surface area contributed by atoms with E-state index in [9.17, 15) is 0 Å². The van der Waals surface area contributed by atoms with Crippen molar-refractivity contribution in [1.29, 1.82) is 0 Å². The van der Waals surface area contributed by atoms with E-state index in [1.165, 1.54) is 32.7 Å². The number of rotatable bonds is 6. The fourth-order valence-electron chi connectivity index (χ4n) is 3.88. The number of imidazole rings is 1. The van der Waals surface area contributed by atoms with Crippen LogP contribution >= 0.6 is 11.8 Å². The topological polar surface area (TPSA) is 46.9 Å². The summed E-state index contributed by atoms with van der Waals surface area (Å²) in [6.07, 6.45) is 4.31. The molecule has 182 valence electrons. The Balaban J connectivity index is 0.00000103. The smallest absolute Gasteiger partial charge is 0.208 e. The van der Waals surface area contributed by atoms with Crippen molar-refractivity contribution >= 4 is 46.8 Å². The van der Waals surface area contributed by atoms with Crippen molar-refractivity contribution in [2.75, 3.05) is 11.6 Å². The summed E-state index contributed by atoms with van der Waals surface area (Å²) in [4.78, 5) is 14.2. The monoisotopic (exact) mass is 485 g/mol. The maximum atomic E-state index is 8.00. The van der Waals surface area contributed by atoms with Gasteiger partial charge in [0.2, 0.25) is 5.95 Å². The van der Waals surface area contributed by atoms with Crippen LogP contribution in [-0.4, -0.2) is 22.6 Å². The molecule has 1 N–H and O–H groups in total. The minimum Gasteiger partial charge on any atom is -0.326 e. The number of fused-ring (bicyclic) bond motifs is 1. The van der Waals surface area contributed by atoms with Crippen LogP contribution in [0.4, 0.5) is 11.6 Å². The molecule has 0 bridgehead atoms. The number of aromatic nitrogens is 2. The van der Waals surface area contributed by atoms with Crippen molar-refractivity contribution in [3.8, 4) is 0 Å². The molecule has 0 fully saturated rings. The highest BCUT2D eigenvalue weighted by atomic mass is 32.2. The molecule has 0 radical (unpaired) electrons. The quantitative estimate of drug-likeness (QED) is 0.221. The standard InChI is InChI=1S/C27H29N3S.C2H4.CH2O/c1-6-21(24-15-18(2)7-9-20(24)4)17-30-26-14-8-19(3)16-25(26)29-27(30)28-22-10-12-23(31-5)13-11-22;2*1-2/h6-16H,17H2,1-5H3,(H,28,29);1-2H2;1H2/b21-6-;;. The first-order valence-corrected chi connectivity index (χ1v) is 12.6. The Bertz CT molecular complexity index is 1290. The Kier molecular flexibility index (Phi) is 10.6. The zero-order valence-corrected chi connectivity index (χ0v) is 22.2. The van der Waals surface area contributed by atoms with Gasteiger partial charge in [-0.3, -0.25) is 0 Å². The second kappa shape index (κ2) is 13.4. The number of hydrogen-bond acceptors (Lipinski definition) is 4. The van der Waals surface area contributed by atoms with E-state index < -0.39 is 0 Å². The summed E-state index contributed by atoms with van der Waals surface area (Å²) >= 11 is 1.75. The molecular formula is C30H35N3OS. The molecule has 35 heavy (non-hydrogen) atoms. The van der Waals surface area contributed by atoms with Crippen LogP contribution in [0.1, 0.15) is 29.2 Å². The molecule has 4 nitrogen and oxygen atoms in total. The van der Waals surface area contributed by atoms with Gasteiger partial charge in [0, 0.05) is 10.6 Å². The summed E-state index contributed by atoms with van der Waals surface area (Å²) in [5.41, 5.74) is 9.57. The summed E-state index contributed by atoms with van der Waals surface area (Å²) in [6.45, 7) is 17.3. The highest BCUT2D eigenvalue weighted by molar-refractivity contribution is 7.98. The molecule has 0 saturated heterocycles. The van der Waals surface area contributed by atoms with Gasteiger partial charge in [-0.25, -0.2) is 4.98 Å². The average molecular weight is 486 g/mol. The Morgan fingerprint density at radius 1 is 0.971 bits per heavy atom. The lowest BCUT2D eigenvalue weighted by Gasteiger charge is -2.16. The van der Waals surface area contributed by atoms with Crippen molar-refractivity contribution in [3.05, 3.63) is 102 Å². The first-order valence-electron chi connectivity index (χ1n) is 11.4. The molecule has 0 aliphatic rings. The highest BCUT2D eigenvalue weighted by Crippen LogP contribution is 2.29. The number of allylic oxidation sites excluding steroid dienone is 2. The van der Waals surface area contributed by atoms with E-state index in [2.05, 4.69) is 124 Å². The summed E-state index contributed by atoms with van der Waals surface area (Å²) in [5.74, 6) is 0.863. The molecule has 0 aliphatic heterocycles. The second-order valence-electron chi connectivity index (χ2n) is 8.00. The molecule has 0 unspecified atom stereocenters. The van der Waals surface area contributed by atoms with Gasteiger partial charge in [-0.1, -0.05) is 35.9 Å². The Labute approximate surface area is 213 Å². The van der Waals surface area contributed by atoms with Crippen molar-refractivity contribution in [2.45, 2.75) is 39.1 Å². The van der Waals surface area contributed by atoms with Crippen molar-refractivity contribution < 1.29 is 4.79 Å². The zero-order chi connectivity index (χ0) is 26.0. The average Bonchev–Trinajstić information content (AvgIpc) is 3.22. The number of nitrogens with one attached hydrogen (secondary N) is 1. The minimum atomic E-state index is 0.756. The molecular weight excluding hydrogens is 450 g/mol. The summed E-state index contributed by atoms with van der Waals surface area (Å²) in [6, 6.07) is 21.6. The molecule has 1 aromatic heterocycles. The van der Waals surface area contributed by atoms with Gasteiger partial charge in [0.25, 0.3) is 0 Å². The number of thioether (sulfide) groups is 1. The molecule has 0 saturated carbocycles. The third-order valence-electron chi connectivity index (χ3n) is 5.67. The maximum Gasteiger partial charge on any atom is 0.208 e. The SMILES string of the molecule is C/C=C(/Cn1c(Nc2ccc(SC)cc2)nc2cc(C)ccc21)c1cc(C)ccc1C.C=C.C=O. The van der Waals surface area contributed by atoms with Crippen LogP contribution < -0.4 is 5.32 Å². The van der Waals surface area contributed by atoms with E-state index in [0.717, 1.165) is 29.2 Å². The van der Waals surface area contributed by atoms with Crippen LogP contribution in [0.15, 0.2) is 84.8 Å². The van der Waals surface area contributed by atoms with Crippen LogP contribution in [0.5, 0.6) is 0 Å². The van der Waals surface area contributed by atoms with Gasteiger partial charge in [0.05, 0.1) is 17.6 Å². The van der Waals surface area contributed by atoms with Gasteiger partial charge >= 0.3 is 0 Å². The number of carbonyl (C=O) groups is 1. The molecule has 0 atom stereocenters. The summed E-state index contributed by atoms with van der Waals surface area (Å²) in [5, 5.41) is 3.56. The van der Waals surface area contributed by atoms with Crippen molar-refractivity contribution in [3.63, 3.8) is 0 Å². The molecule has 5 heteroatoms. The fraction of sp³-hybridized carbons (Fsp3) is 0.200. The first-order chi connectivity index (χ1) is 17.0. The van der Waals surface area contributed by atoms with Gasteiger partial charge in [-0.15, -0.1) is 24.9 Å². The fourth-order valence-corrected chi connectivity index (χ4v) is 4.29. The molecule has 0 aliphatic carbocycles. The van der Waals surface area contributed by atoms with Gasteiger partial charge in [0.1, 0.15) is 6.79 Å². The number of aryl methyl sites for hydroxylation is 3. The molecule has 4 aromatic rings. The predicted molar refractivity (Wildman–Crippen MR) is 154 cm³/mol. The highest BCUT2D eigenvalue weighted by Gasteiger charge is 2.14. The van der Waals surface area contributed by atoms with E-state index in [4.69, 9.17) is 9.78 Å². The Morgan fingerprint density at radius 2 is 1.60 bits per heavy atom. The second-order valence-corrected chi connectivity index (χ2v) is 8.88. The van der Waals surface area contributed by atoms with Crippen LogP contribution in [0, 0.1) is 20.8 Å². The van der Waals surface area contributed by atoms with E-state index in [1.807, 2.05) is 6.79 Å². The molecule has 0 spiro atoms. The van der Waals surface area contributed by atoms with Crippen molar-refractivity contribution in [2.24, 2.45) is 0 Å². The zero-order valence-electron chi connectivity index (χ0n) is 21.4. The van der Waals surface area contributed by atoms with E-state index in [1.54, 1.807) is 11.8 Å². The van der Waals surface area contributed by atoms with Crippen LogP contribution in [-0.2, 0) is 11.3 Å². The maximum absolute atomic E-state index is 8.00. The van der Waals surface area contributed by atoms with Crippen LogP contribution in [0.2, 0.25) is 0 Å². The number of nitrogens with zero attached hydrogens (tertiary/aromatic N) is 2. The lowest BCUT2D eigenvalue weighted by atomic mass is 9.98. The van der Waals surface area contributed by atoms with E-state index in [0.29, 0.717) is 0 Å². The largest absolute Gasteiger partial charge is 0.326 e. The molecule has 4 rings (SSSR count). The minimum absolute atomic E-state index is 0.756. The number of benzene rings is 3. The first kappa shape index (κ1) is 27.7. The van der Waals surface area contributed by atoms with Crippen LogP contribution in [0.3, 0.4) is 0 Å². The number of anilines is 2. The third-order valence-corrected chi connectivity index (χ3v) is 6.41. The Hall–Kier alpha value is -3.57. The normalized spacial score (nSPS) is 10.7. The molecule has 0 amide bonds. The van der Waals surface area contributed by atoms with Gasteiger partial charge in [0.15, 0.2) is 0 Å². The van der Waals surface area contributed by atoms with E-state index in [-0.39, 0.29) is 0 Å². The summed E-state index contributed by atoms with van der Waals surface area (Å²) in [7, 11) is 0. The molecule has 3 aromatic carbocycles. The third kappa shape index (κ3) is 6.74. The lowest BCUT2D eigenvalue weighted by Crippen LogP contribution is -2.06. The van der Waals surface area contributed by atoms with Crippen molar-refractivity contribution in [1.82, 2.24) is 9.55 Å². The number of carbonyl (C=O) groups excluding carboxylic acids is 1. The Morgan fingerprint density at radius 3 is 2.23 bits per heavy atom. The van der Waals surface area contributed by atoms with E-state index >= 15 is 0 Å². The van der Waals surface area contributed by atoms with Gasteiger partial charge in [-0.05, 0) is 92.6 Å². The molecule has 1 heterocycles. The predicted octanol–water partition coefficient (Wildman–Crippen LogP) is 8.15. The lowest BCUT2D eigenvalue weighted by molar-refractivity contribution is -0.0979. The number of hydrogen-bond donors (Lipinski definition) is 1.